The summed E-state index contributed by atoms with van der Waals surface area (Å²) in [6, 6.07) is 0. The fourth-order valence-electron chi connectivity index (χ4n) is 3.46. The third-order valence-electron chi connectivity index (χ3n) is 4.83. The molecule has 0 aromatic carbocycles. The largest absolute Gasteiger partial charge is 0.375 e. The second-order valence-electron chi connectivity index (χ2n) is 6.66. The molecule has 0 radical (unpaired) electrons. The second-order valence-corrected chi connectivity index (χ2v) is 7.81. The topological polar surface area (TPSA) is 51.4 Å². The zero-order chi connectivity index (χ0) is 14.7. The number of rotatable bonds is 4. The molecule has 0 atom stereocenters. The molecule has 1 aromatic heterocycles. The lowest BCUT2D eigenvalue weighted by atomic mass is 9.88. The van der Waals surface area contributed by atoms with E-state index in [2.05, 4.69) is 16.8 Å². The predicted octanol–water partition coefficient (Wildman–Crippen LogP) is 3.71. The third kappa shape index (κ3) is 5.08. The number of piperidine rings is 1. The highest BCUT2D eigenvalue weighted by molar-refractivity contribution is 7.15. The summed E-state index contributed by atoms with van der Waals surface area (Å²) >= 11 is 1.60. The molecule has 1 saturated heterocycles. The van der Waals surface area contributed by atoms with Crippen LogP contribution in [0.15, 0.2) is 6.20 Å². The van der Waals surface area contributed by atoms with E-state index in [-0.39, 0.29) is 12.4 Å². The van der Waals surface area contributed by atoms with Crippen LogP contribution in [0.2, 0.25) is 0 Å². The van der Waals surface area contributed by atoms with Crippen molar-refractivity contribution in [1.82, 2.24) is 9.88 Å². The van der Waals surface area contributed by atoms with E-state index in [4.69, 9.17) is 10.5 Å². The molecule has 22 heavy (non-hydrogen) atoms. The van der Waals surface area contributed by atoms with Crippen LogP contribution in [-0.2, 0) is 11.3 Å². The van der Waals surface area contributed by atoms with Gasteiger partial charge in [0.05, 0.1) is 12.2 Å². The Hall–Kier alpha value is -0.360. The molecular weight excluding hydrogens is 318 g/mol. The van der Waals surface area contributed by atoms with Gasteiger partial charge in [0, 0.05) is 30.7 Å². The Morgan fingerprint density at radius 2 is 1.82 bits per heavy atom. The Bertz CT molecular complexity index is 440. The molecule has 0 spiro atoms. The quantitative estimate of drug-likeness (QED) is 0.903. The Morgan fingerprint density at radius 3 is 2.41 bits per heavy atom. The predicted molar refractivity (Wildman–Crippen MR) is 94.6 cm³/mol. The molecule has 0 unspecified atom stereocenters. The summed E-state index contributed by atoms with van der Waals surface area (Å²) in [5.74, 6) is 0.901. The van der Waals surface area contributed by atoms with Gasteiger partial charge in [-0.2, -0.15) is 0 Å². The van der Waals surface area contributed by atoms with E-state index in [1.807, 2.05) is 6.20 Å². The van der Waals surface area contributed by atoms with E-state index in [1.165, 1.54) is 43.4 Å². The van der Waals surface area contributed by atoms with Crippen LogP contribution in [0, 0.1) is 5.92 Å². The standard InChI is InChI=1S/C16H27N3OS.ClH/c1-12-2-4-13(5-3-12)20-14-6-8-19(9-7-14)11-15-10-18-16(17)21-15;/h10,12-14H,2-9,11H2,1H3,(H2,17,18);1H. The van der Waals surface area contributed by atoms with Crippen molar-refractivity contribution in [2.75, 3.05) is 18.8 Å². The van der Waals surface area contributed by atoms with Crippen molar-refractivity contribution >= 4 is 28.9 Å². The smallest absolute Gasteiger partial charge is 0.180 e. The van der Waals surface area contributed by atoms with Gasteiger partial charge in [0.25, 0.3) is 0 Å². The maximum Gasteiger partial charge on any atom is 0.180 e. The molecule has 2 heterocycles. The molecule has 0 bridgehead atoms. The van der Waals surface area contributed by atoms with Crippen molar-refractivity contribution < 1.29 is 4.74 Å². The van der Waals surface area contributed by atoms with Gasteiger partial charge >= 0.3 is 0 Å². The van der Waals surface area contributed by atoms with Crippen LogP contribution in [0.5, 0.6) is 0 Å². The van der Waals surface area contributed by atoms with Crippen LogP contribution in [0.1, 0.15) is 50.3 Å². The molecular formula is C16H28ClN3OS. The lowest BCUT2D eigenvalue weighted by molar-refractivity contribution is -0.0607. The first-order chi connectivity index (χ1) is 10.2. The summed E-state index contributed by atoms with van der Waals surface area (Å²) in [6.07, 6.45) is 10.5. The molecule has 2 N–H and O–H groups in total. The number of hydrogen-bond donors (Lipinski definition) is 1. The van der Waals surface area contributed by atoms with E-state index in [9.17, 15) is 0 Å². The van der Waals surface area contributed by atoms with Gasteiger partial charge in [-0.3, -0.25) is 4.90 Å². The van der Waals surface area contributed by atoms with Gasteiger partial charge in [-0.25, -0.2) is 4.98 Å². The van der Waals surface area contributed by atoms with Gasteiger partial charge in [0.2, 0.25) is 0 Å². The fourth-order valence-corrected chi connectivity index (χ4v) is 4.18. The molecule has 1 aromatic rings. The molecule has 2 fully saturated rings. The highest BCUT2D eigenvalue weighted by Crippen LogP contribution is 2.28. The van der Waals surface area contributed by atoms with E-state index < -0.39 is 0 Å². The maximum atomic E-state index is 6.33. The second kappa shape index (κ2) is 8.48. The van der Waals surface area contributed by atoms with E-state index >= 15 is 0 Å². The average molecular weight is 346 g/mol. The van der Waals surface area contributed by atoms with Crippen LogP contribution >= 0.6 is 23.7 Å². The van der Waals surface area contributed by atoms with E-state index in [0.717, 1.165) is 25.6 Å². The summed E-state index contributed by atoms with van der Waals surface area (Å²) in [6.45, 7) is 5.61. The van der Waals surface area contributed by atoms with E-state index in [0.29, 0.717) is 17.3 Å². The highest BCUT2D eigenvalue weighted by Gasteiger charge is 2.25. The number of ether oxygens (including phenoxy) is 1. The Balaban J connectivity index is 0.00000176. The molecule has 126 valence electrons. The number of nitrogens with zero attached hydrogens (tertiary/aromatic N) is 2. The van der Waals surface area contributed by atoms with Crippen LogP contribution in [0.25, 0.3) is 0 Å². The fraction of sp³-hybridized carbons (Fsp3) is 0.812. The van der Waals surface area contributed by atoms with Gasteiger partial charge in [0.15, 0.2) is 5.13 Å². The number of aromatic nitrogens is 1. The normalized spacial score (nSPS) is 27.5. The van der Waals surface area contributed by atoms with Gasteiger partial charge in [-0.05, 0) is 44.4 Å². The number of anilines is 1. The summed E-state index contributed by atoms with van der Waals surface area (Å²) in [5, 5.41) is 0.676. The van der Waals surface area contributed by atoms with Crippen molar-refractivity contribution in [2.45, 2.75) is 64.2 Å². The number of likely N-dealkylation sites (tertiary alicyclic amines) is 1. The number of hydrogen-bond acceptors (Lipinski definition) is 5. The number of nitrogen functional groups attached to an aromatic ring is 1. The molecule has 1 aliphatic carbocycles. The average Bonchev–Trinajstić information content (AvgIpc) is 2.89. The molecule has 4 nitrogen and oxygen atoms in total. The van der Waals surface area contributed by atoms with Crippen LogP contribution < -0.4 is 5.73 Å². The SMILES string of the molecule is CC1CCC(OC2CCN(Cc3cnc(N)s3)CC2)CC1.Cl. The highest BCUT2D eigenvalue weighted by atomic mass is 35.5. The van der Waals surface area contributed by atoms with Crippen LogP contribution in [0.4, 0.5) is 5.13 Å². The van der Waals surface area contributed by atoms with E-state index in [1.54, 1.807) is 11.3 Å². The summed E-state index contributed by atoms with van der Waals surface area (Å²) in [7, 11) is 0. The first-order valence-corrected chi connectivity index (χ1v) is 9.08. The summed E-state index contributed by atoms with van der Waals surface area (Å²) in [5.41, 5.74) is 5.69. The van der Waals surface area contributed by atoms with Gasteiger partial charge in [-0.15, -0.1) is 23.7 Å². The van der Waals surface area contributed by atoms with Crippen molar-refractivity contribution in [1.29, 1.82) is 0 Å². The Labute approximate surface area is 143 Å². The molecule has 1 saturated carbocycles. The summed E-state index contributed by atoms with van der Waals surface area (Å²) in [4.78, 5) is 7.89. The van der Waals surface area contributed by atoms with Gasteiger partial charge < -0.3 is 10.5 Å². The lowest BCUT2D eigenvalue weighted by Crippen LogP contribution is -2.38. The first-order valence-electron chi connectivity index (χ1n) is 8.27. The van der Waals surface area contributed by atoms with Gasteiger partial charge in [0.1, 0.15) is 0 Å². The zero-order valence-corrected chi connectivity index (χ0v) is 15.0. The number of halogens is 1. The minimum Gasteiger partial charge on any atom is -0.375 e. The monoisotopic (exact) mass is 345 g/mol. The van der Waals surface area contributed by atoms with Crippen molar-refractivity contribution in [3.8, 4) is 0 Å². The Kier molecular flexibility index (Phi) is 6.93. The number of thiazole rings is 1. The number of nitrogens with two attached hydrogens (primary N) is 1. The van der Waals surface area contributed by atoms with Crippen molar-refractivity contribution in [2.24, 2.45) is 5.92 Å². The first kappa shape index (κ1) is 18.0. The summed E-state index contributed by atoms with van der Waals surface area (Å²) < 4.78 is 6.33. The van der Waals surface area contributed by atoms with Crippen LogP contribution in [-0.4, -0.2) is 35.2 Å². The zero-order valence-electron chi connectivity index (χ0n) is 13.4. The molecule has 2 aliphatic rings. The minimum atomic E-state index is 0. The van der Waals surface area contributed by atoms with Gasteiger partial charge in [-0.1, -0.05) is 6.92 Å². The third-order valence-corrected chi connectivity index (χ3v) is 5.64. The minimum absolute atomic E-state index is 0. The molecule has 6 heteroatoms. The molecule has 3 rings (SSSR count). The van der Waals surface area contributed by atoms with Crippen molar-refractivity contribution in [3.63, 3.8) is 0 Å². The van der Waals surface area contributed by atoms with Crippen molar-refractivity contribution in [3.05, 3.63) is 11.1 Å². The maximum absolute atomic E-state index is 6.33. The molecule has 1 aliphatic heterocycles. The Morgan fingerprint density at radius 1 is 1.18 bits per heavy atom. The van der Waals surface area contributed by atoms with Crippen LogP contribution in [0.3, 0.4) is 0 Å². The molecule has 0 amide bonds. The lowest BCUT2D eigenvalue weighted by Gasteiger charge is -2.35.